The first-order valence-electron chi connectivity index (χ1n) is 6.08. The highest BCUT2D eigenvalue weighted by Crippen LogP contribution is 2.23. The van der Waals surface area contributed by atoms with Gasteiger partial charge in [0, 0.05) is 24.8 Å². The standard InChI is InChI=1S/C14H15N5/c1-19-13(6-8-17-19)14(18-15)11-4-5-12-10(9-11)3-2-7-16-12/h2-9,14,18H,15H2,1H3. The maximum Gasteiger partial charge on any atom is 0.0878 e. The molecule has 0 radical (unpaired) electrons. The zero-order valence-electron chi connectivity index (χ0n) is 10.6. The number of hydrogen-bond acceptors (Lipinski definition) is 4. The van der Waals surface area contributed by atoms with Crippen LogP contribution in [0.5, 0.6) is 0 Å². The lowest BCUT2D eigenvalue weighted by Crippen LogP contribution is -2.30. The van der Waals surface area contributed by atoms with Crippen LogP contribution in [0.25, 0.3) is 10.9 Å². The smallest absolute Gasteiger partial charge is 0.0878 e. The van der Waals surface area contributed by atoms with Gasteiger partial charge in [0.2, 0.25) is 0 Å². The van der Waals surface area contributed by atoms with Crippen LogP contribution >= 0.6 is 0 Å². The quantitative estimate of drug-likeness (QED) is 0.548. The first-order valence-corrected chi connectivity index (χ1v) is 6.08. The average molecular weight is 253 g/mol. The summed E-state index contributed by atoms with van der Waals surface area (Å²) in [5.41, 5.74) is 5.93. The second-order valence-corrected chi connectivity index (χ2v) is 4.43. The van der Waals surface area contributed by atoms with Crippen molar-refractivity contribution in [2.75, 3.05) is 0 Å². The molecule has 0 saturated carbocycles. The number of hydrogen-bond donors (Lipinski definition) is 2. The van der Waals surface area contributed by atoms with Crippen molar-refractivity contribution in [3.05, 3.63) is 60.0 Å². The van der Waals surface area contributed by atoms with E-state index >= 15 is 0 Å². The number of aromatic nitrogens is 3. The van der Waals surface area contributed by atoms with Gasteiger partial charge in [0.05, 0.1) is 17.3 Å². The molecule has 1 unspecified atom stereocenters. The summed E-state index contributed by atoms with van der Waals surface area (Å²) in [6, 6.07) is 12.0. The van der Waals surface area contributed by atoms with Crippen LogP contribution in [0.4, 0.5) is 0 Å². The molecule has 5 heteroatoms. The number of nitrogens with zero attached hydrogens (tertiary/aromatic N) is 3. The van der Waals surface area contributed by atoms with Crippen LogP contribution in [0.3, 0.4) is 0 Å². The Morgan fingerprint density at radius 3 is 2.84 bits per heavy atom. The summed E-state index contributed by atoms with van der Waals surface area (Å²) in [6.45, 7) is 0. The Labute approximate surface area is 111 Å². The van der Waals surface area contributed by atoms with Crippen molar-refractivity contribution >= 4 is 10.9 Å². The predicted molar refractivity (Wildman–Crippen MR) is 74.1 cm³/mol. The zero-order chi connectivity index (χ0) is 13.2. The minimum absolute atomic E-state index is 0.0860. The van der Waals surface area contributed by atoms with Crippen LogP contribution in [0.1, 0.15) is 17.3 Å². The summed E-state index contributed by atoms with van der Waals surface area (Å²) in [4.78, 5) is 4.32. The number of pyridine rings is 1. The molecule has 0 fully saturated rings. The monoisotopic (exact) mass is 253 g/mol. The molecule has 3 aromatic rings. The van der Waals surface area contributed by atoms with E-state index < -0.39 is 0 Å². The Kier molecular flexibility index (Phi) is 2.98. The van der Waals surface area contributed by atoms with E-state index in [1.165, 1.54) is 0 Å². The van der Waals surface area contributed by atoms with Gasteiger partial charge in [-0.25, -0.2) is 5.43 Å². The van der Waals surface area contributed by atoms with Gasteiger partial charge in [0.25, 0.3) is 0 Å². The molecule has 3 rings (SSSR count). The summed E-state index contributed by atoms with van der Waals surface area (Å²) in [5.74, 6) is 5.70. The van der Waals surface area contributed by atoms with E-state index in [9.17, 15) is 0 Å². The Morgan fingerprint density at radius 2 is 2.11 bits per heavy atom. The summed E-state index contributed by atoms with van der Waals surface area (Å²) < 4.78 is 1.82. The van der Waals surface area contributed by atoms with Gasteiger partial charge in [-0.3, -0.25) is 15.5 Å². The molecule has 2 heterocycles. The van der Waals surface area contributed by atoms with Gasteiger partial charge in [-0.05, 0) is 29.8 Å². The summed E-state index contributed by atoms with van der Waals surface area (Å²) in [7, 11) is 1.91. The molecule has 1 atom stereocenters. The number of nitrogens with one attached hydrogen (secondary N) is 1. The molecule has 0 aliphatic carbocycles. The third-order valence-electron chi connectivity index (χ3n) is 3.28. The fourth-order valence-electron chi connectivity index (χ4n) is 2.29. The minimum Gasteiger partial charge on any atom is -0.271 e. The summed E-state index contributed by atoms with van der Waals surface area (Å²) >= 11 is 0. The highest BCUT2D eigenvalue weighted by atomic mass is 15.3. The van der Waals surface area contributed by atoms with Crippen LogP contribution < -0.4 is 11.3 Å². The molecule has 96 valence electrons. The van der Waals surface area contributed by atoms with E-state index in [0.717, 1.165) is 22.2 Å². The van der Waals surface area contributed by atoms with Crippen molar-refractivity contribution in [3.63, 3.8) is 0 Å². The normalized spacial score (nSPS) is 12.7. The van der Waals surface area contributed by atoms with Crippen molar-refractivity contribution in [1.82, 2.24) is 20.2 Å². The van der Waals surface area contributed by atoms with Crippen LogP contribution in [0, 0.1) is 0 Å². The van der Waals surface area contributed by atoms with Crippen molar-refractivity contribution in [2.45, 2.75) is 6.04 Å². The van der Waals surface area contributed by atoms with Crippen LogP contribution in [0.2, 0.25) is 0 Å². The number of fused-ring (bicyclic) bond motifs is 1. The summed E-state index contributed by atoms with van der Waals surface area (Å²) in [5, 5.41) is 5.28. The maximum absolute atomic E-state index is 5.70. The van der Waals surface area contributed by atoms with E-state index in [1.807, 2.05) is 42.1 Å². The third kappa shape index (κ3) is 2.09. The van der Waals surface area contributed by atoms with Gasteiger partial charge in [0.15, 0.2) is 0 Å². The molecule has 2 aromatic heterocycles. The first kappa shape index (κ1) is 11.8. The Hall–Kier alpha value is -2.24. The lowest BCUT2D eigenvalue weighted by atomic mass is 10.0. The second-order valence-electron chi connectivity index (χ2n) is 4.43. The molecular weight excluding hydrogens is 238 g/mol. The number of hydrazine groups is 1. The molecule has 3 N–H and O–H groups in total. The maximum atomic E-state index is 5.70. The fraction of sp³-hybridized carbons (Fsp3) is 0.143. The Morgan fingerprint density at radius 1 is 1.21 bits per heavy atom. The Balaban J connectivity index is 2.09. The lowest BCUT2D eigenvalue weighted by Gasteiger charge is -2.17. The number of benzene rings is 1. The molecule has 1 aromatic carbocycles. The molecule has 0 saturated heterocycles. The second kappa shape index (κ2) is 4.79. The molecule has 0 amide bonds. The number of aryl methyl sites for hydroxylation is 1. The first-order chi connectivity index (χ1) is 9.29. The van der Waals surface area contributed by atoms with Gasteiger partial charge in [-0.1, -0.05) is 12.1 Å². The van der Waals surface area contributed by atoms with Crippen molar-refractivity contribution in [3.8, 4) is 0 Å². The number of rotatable bonds is 3. The van der Waals surface area contributed by atoms with Crippen molar-refractivity contribution in [2.24, 2.45) is 12.9 Å². The van der Waals surface area contributed by atoms with Gasteiger partial charge in [0.1, 0.15) is 0 Å². The van der Waals surface area contributed by atoms with Crippen molar-refractivity contribution in [1.29, 1.82) is 0 Å². The SMILES string of the molecule is Cn1nccc1C(NN)c1ccc2ncccc2c1. The van der Waals surface area contributed by atoms with E-state index in [-0.39, 0.29) is 6.04 Å². The van der Waals surface area contributed by atoms with Gasteiger partial charge >= 0.3 is 0 Å². The molecule has 0 bridgehead atoms. The predicted octanol–water partition coefficient (Wildman–Crippen LogP) is 1.52. The lowest BCUT2D eigenvalue weighted by molar-refractivity contribution is 0.575. The van der Waals surface area contributed by atoms with E-state index in [0.29, 0.717) is 0 Å². The third-order valence-corrected chi connectivity index (χ3v) is 3.28. The zero-order valence-corrected chi connectivity index (χ0v) is 10.6. The van der Waals surface area contributed by atoms with Gasteiger partial charge in [-0.2, -0.15) is 5.10 Å². The highest BCUT2D eigenvalue weighted by molar-refractivity contribution is 5.79. The largest absolute Gasteiger partial charge is 0.271 e. The fourth-order valence-corrected chi connectivity index (χ4v) is 2.29. The van der Waals surface area contributed by atoms with Crippen LogP contribution in [-0.4, -0.2) is 14.8 Å². The topological polar surface area (TPSA) is 68.8 Å². The van der Waals surface area contributed by atoms with Crippen molar-refractivity contribution < 1.29 is 0 Å². The molecular formula is C14H15N5. The van der Waals surface area contributed by atoms with E-state index in [2.05, 4.69) is 21.6 Å². The van der Waals surface area contributed by atoms with E-state index in [4.69, 9.17) is 5.84 Å². The molecule has 0 spiro atoms. The van der Waals surface area contributed by atoms with Crippen LogP contribution in [-0.2, 0) is 7.05 Å². The molecule has 19 heavy (non-hydrogen) atoms. The highest BCUT2D eigenvalue weighted by Gasteiger charge is 2.15. The molecule has 0 aliphatic rings. The number of nitrogens with two attached hydrogens (primary N) is 1. The molecule has 0 aliphatic heterocycles. The van der Waals surface area contributed by atoms with E-state index in [1.54, 1.807) is 12.4 Å². The van der Waals surface area contributed by atoms with Gasteiger partial charge < -0.3 is 0 Å². The summed E-state index contributed by atoms with van der Waals surface area (Å²) in [6.07, 6.45) is 3.56. The average Bonchev–Trinajstić information content (AvgIpc) is 2.86. The van der Waals surface area contributed by atoms with Crippen LogP contribution in [0.15, 0.2) is 48.8 Å². The van der Waals surface area contributed by atoms with Gasteiger partial charge in [-0.15, -0.1) is 0 Å². The minimum atomic E-state index is -0.0860. The Bertz CT molecular complexity index is 704. The molecule has 5 nitrogen and oxygen atoms in total.